The zero-order valence-corrected chi connectivity index (χ0v) is 12.2. The second-order valence-corrected chi connectivity index (χ2v) is 4.98. The van der Waals surface area contributed by atoms with Crippen molar-refractivity contribution in [3.63, 3.8) is 0 Å². The van der Waals surface area contributed by atoms with Gasteiger partial charge in [0.15, 0.2) is 0 Å². The van der Waals surface area contributed by atoms with Gasteiger partial charge in [-0.2, -0.15) is 0 Å². The Labute approximate surface area is 118 Å². The van der Waals surface area contributed by atoms with Gasteiger partial charge in [-0.05, 0) is 31.0 Å². The molecule has 0 aliphatic rings. The first-order valence-corrected chi connectivity index (χ1v) is 7.09. The van der Waals surface area contributed by atoms with Gasteiger partial charge in [-0.3, -0.25) is 0 Å². The summed E-state index contributed by atoms with van der Waals surface area (Å²) in [4.78, 5) is 0. The lowest BCUT2D eigenvalue weighted by Gasteiger charge is -2.30. The highest BCUT2D eigenvalue weighted by molar-refractivity contribution is 6.30. The molecule has 96 valence electrons. The maximum Gasteiger partial charge on any atom is 0.0475 e. The Balaban J connectivity index is 2.89. The third-order valence-corrected chi connectivity index (χ3v) is 4.14. The second kappa shape index (κ2) is 7.48. The number of ether oxygens (including phenoxy) is 1. The van der Waals surface area contributed by atoms with E-state index in [2.05, 4.69) is 0 Å². The smallest absolute Gasteiger partial charge is 0.0475 e. The summed E-state index contributed by atoms with van der Waals surface area (Å²) in [6.45, 7) is 3.33. The molecule has 0 bridgehead atoms. The van der Waals surface area contributed by atoms with Crippen LogP contribution in [-0.4, -0.2) is 25.0 Å². The van der Waals surface area contributed by atoms with Crippen molar-refractivity contribution in [3.05, 3.63) is 34.9 Å². The molecule has 0 amide bonds. The van der Waals surface area contributed by atoms with Crippen LogP contribution in [0.4, 0.5) is 0 Å². The molecule has 0 radical (unpaired) electrons. The Bertz CT molecular complexity index is 337. The molecular weight excluding hydrogens is 279 g/mol. The van der Waals surface area contributed by atoms with E-state index in [1.807, 2.05) is 31.2 Å². The SMILES string of the molecule is CCOCCC(CCl)(CCl)c1cccc(Cl)c1. The number of halogens is 3. The molecule has 4 heteroatoms. The van der Waals surface area contributed by atoms with Crippen LogP contribution in [0.5, 0.6) is 0 Å². The fraction of sp³-hybridized carbons (Fsp3) is 0.538. The molecule has 1 rings (SSSR count). The molecular formula is C13H17Cl3O. The third kappa shape index (κ3) is 4.03. The molecule has 0 spiro atoms. The van der Waals surface area contributed by atoms with E-state index in [4.69, 9.17) is 39.5 Å². The summed E-state index contributed by atoms with van der Waals surface area (Å²) in [5.74, 6) is 0.924. The largest absolute Gasteiger partial charge is 0.382 e. The maximum absolute atomic E-state index is 6.11. The van der Waals surface area contributed by atoms with E-state index in [-0.39, 0.29) is 5.41 Å². The van der Waals surface area contributed by atoms with Crippen LogP contribution in [0.1, 0.15) is 18.9 Å². The Hall–Kier alpha value is 0.0500. The van der Waals surface area contributed by atoms with Crippen molar-refractivity contribution in [2.75, 3.05) is 25.0 Å². The van der Waals surface area contributed by atoms with Crippen molar-refractivity contribution >= 4 is 34.8 Å². The lowest BCUT2D eigenvalue weighted by molar-refractivity contribution is 0.131. The summed E-state index contributed by atoms with van der Waals surface area (Å²) in [6, 6.07) is 7.72. The molecule has 0 aliphatic heterocycles. The molecule has 1 nitrogen and oxygen atoms in total. The van der Waals surface area contributed by atoms with Gasteiger partial charge in [-0.15, -0.1) is 23.2 Å². The van der Waals surface area contributed by atoms with Crippen LogP contribution in [0.25, 0.3) is 0 Å². The molecule has 17 heavy (non-hydrogen) atoms. The standard InChI is InChI=1S/C13H17Cl3O/c1-2-17-7-6-13(9-14,10-15)11-4-3-5-12(16)8-11/h3-5,8H,2,6-7,9-10H2,1H3. The van der Waals surface area contributed by atoms with Gasteiger partial charge in [-0.25, -0.2) is 0 Å². The van der Waals surface area contributed by atoms with Crippen molar-refractivity contribution in [3.8, 4) is 0 Å². The van der Waals surface area contributed by atoms with Crippen molar-refractivity contribution in [1.29, 1.82) is 0 Å². The van der Waals surface area contributed by atoms with E-state index in [9.17, 15) is 0 Å². The molecule has 0 heterocycles. The van der Waals surface area contributed by atoms with E-state index in [0.717, 1.165) is 12.0 Å². The van der Waals surface area contributed by atoms with Crippen molar-refractivity contribution in [2.45, 2.75) is 18.8 Å². The van der Waals surface area contributed by atoms with Crippen molar-refractivity contribution < 1.29 is 4.74 Å². The molecule has 0 aromatic heterocycles. The third-order valence-electron chi connectivity index (χ3n) is 2.88. The summed E-state index contributed by atoms with van der Waals surface area (Å²) in [5, 5.41) is 0.707. The van der Waals surface area contributed by atoms with E-state index in [0.29, 0.717) is 30.0 Å². The highest BCUT2D eigenvalue weighted by Crippen LogP contribution is 2.32. The summed E-state index contributed by atoms with van der Waals surface area (Å²) in [7, 11) is 0. The molecule has 0 N–H and O–H groups in total. The van der Waals surface area contributed by atoms with Gasteiger partial charge in [0.2, 0.25) is 0 Å². The van der Waals surface area contributed by atoms with Gasteiger partial charge < -0.3 is 4.74 Å². The predicted molar refractivity (Wildman–Crippen MR) is 75.7 cm³/mol. The number of benzene rings is 1. The predicted octanol–water partition coefficient (Wildman–Crippen LogP) is 4.48. The summed E-state index contributed by atoms with van der Waals surface area (Å²) in [5.41, 5.74) is 0.818. The Morgan fingerprint density at radius 2 is 1.94 bits per heavy atom. The maximum atomic E-state index is 6.11. The van der Waals surface area contributed by atoms with Gasteiger partial charge in [0, 0.05) is 35.4 Å². The first kappa shape index (κ1) is 15.1. The summed E-state index contributed by atoms with van der Waals surface area (Å²) >= 11 is 18.2. The topological polar surface area (TPSA) is 9.23 Å². The number of alkyl halides is 2. The van der Waals surface area contributed by atoms with Crippen LogP contribution >= 0.6 is 34.8 Å². The average molecular weight is 296 g/mol. The Morgan fingerprint density at radius 3 is 2.47 bits per heavy atom. The zero-order chi connectivity index (χ0) is 12.7. The fourth-order valence-electron chi connectivity index (χ4n) is 1.70. The fourth-order valence-corrected chi connectivity index (χ4v) is 2.75. The van der Waals surface area contributed by atoms with Crippen LogP contribution in [-0.2, 0) is 10.2 Å². The minimum absolute atomic E-state index is 0.261. The first-order chi connectivity index (χ1) is 8.18. The Morgan fingerprint density at radius 1 is 1.24 bits per heavy atom. The van der Waals surface area contributed by atoms with Gasteiger partial charge in [0.05, 0.1) is 0 Å². The van der Waals surface area contributed by atoms with Gasteiger partial charge in [-0.1, -0.05) is 23.7 Å². The molecule has 0 fully saturated rings. The molecule has 0 unspecified atom stereocenters. The van der Waals surface area contributed by atoms with Crippen LogP contribution in [0.3, 0.4) is 0 Å². The van der Waals surface area contributed by atoms with Crippen molar-refractivity contribution in [1.82, 2.24) is 0 Å². The quantitative estimate of drug-likeness (QED) is 0.532. The molecule has 0 saturated heterocycles. The van der Waals surface area contributed by atoms with Crippen molar-refractivity contribution in [2.24, 2.45) is 0 Å². The van der Waals surface area contributed by atoms with Crippen LogP contribution in [0.15, 0.2) is 24.3 Å². The lowest BCUT2D eigenvalue weighted by atomic mass is 9.81. The van der Waals surface area contributed by atoms with E-state index in [1.165, 1.54) is 0 Å². The highest BCUT2D eigenvalue weighted by atomic mass is 35.5. The number of hydrogen-bond acceptors (Lipinski definition) is 1. The number of rotatable bonds is 7. The Kier molecular flexibility index (Phi) is 6.65. The molecule has 1 aromatic carbocycles. The molecule has 0 saturated carbocycles. The normalized spacial score (nSPS) is 11.8. The summed E-state index contributed by atoms with van der Waals surface area (Å²) < 4.78 is 5.39. The molecule has 0 atom stereocenters. The zero-order valence-electron chi connectivity index (χ0n) is 9.89. The minimum atomic E-state index is -0.261. The monoisotopic (exact) mass is 294 g/mol. The first-order valence-electron chi connectivity index (χ1n) is 5.64. The van der Waals surface area contributed by atoms with Crippen LogP contribution in [0, 0.1) is 0 Å². The van der Waals surface area contributed by atoms with E-state index < -0.39 is 0 Å². The van der Waals surface area contributed by atoms with Crippen LogP contribution < -0.4 is 0 Å². The lowest BCUT2D eigenvalue weighted by Crippen LogP contribution is -2.32. The van der Waals surface area contributed by atoms with Gasteiger partial charge >= 0.3 is 0 Å². The van der Waals surface area contributed by atoms with Crippen LogP contribution in [0.2, 0.25) is 5.02 Å². The number of hydrogen-bond donors (Lipinski definition) is 0. The van der Waals surface area contributed by atoms with E-state index in [1.54, 1.807) is 0 Å². The molecule has 0 aliphatic carbocycles. The summed E-state index contributed by atoms with van der Waals surface area (Å²) in [6.07, 6.45) is 0.800. The van der Waals surface area contributed by atoms with E-state index >= 15 is 0 Å². The van der Waals surface area contributed by atoms with Gasteiger partial charge in [0.25, 0.3) is 0 Å². The minimum Gasteiger partial charge on any atom is -0.382 e. The second-order valence-electron chi connectivity index (χ2n) is 4.00. The molecule has 1 aromatic rings. The van der Waals surface area contributed by atoms with Gasteiger partial charge in [0.1, 0.15) is 0 Å². The highest BCUT2D eigenvalue weighted by Gasteiger charge is 2.30. The average Bonchev–Trinajstić information content (AvgIpc) is 2.35.